The second-order valence-corrected chi connectivity index (χ2v) is 7.60. The minimum atomic E-state index is -1.14. The summed E-state index contributed by atoms with van der Waals surface area (Å²) in [6, 6.07) is 13.3. The third-order valence-electron chi connectivity index (χ3n) is 4.07. The molecule has 0 aliphatic carbocycles. The van der Waals surface area contributed by atoms with Crippen molar-refractivity contribution in [2.24, 2.45) is 0 Å². The van der Waals surface area contributed by atoms with Crippen molar-refractivity contribution in [3.8, 4) is 0 Å². The van der Waals surface area contributed by atoms with Gasteiger partial charge in [-0.2, -0.15) is 0 Å². The van der Waals surface area contributed by atoms with E-state index < -0.39 is 22.9 Å². The Morgan fingerprint density at radius 2 is 2.00 bits per heavy atom. The summed E-state index contributed by atoms with van der Waals surface area (Å²) in [5.41, 5.74) is 1.11. The smallest absolute Gasteiger partial charge is 0.358 e. The number of anilines is 2. The molecule has 11 heteroatoms. The summed E-state index contributed by atoms with van der Waals surface area (Å²) in [5, 5.41) is 18.4. The van der Waals surface area contributed by atoms with Gasteiger partial charge in [0.25, 0.3) is 11.6 Å². The molecule has 2 aromatic carbocycles. The van der Waals surface area contributed by atoms with Crippen molar-refractivity contribution in [2.45, 2.75) is 19.6 Å². The highest BCUT2D eigenvalue weighted by atomic mass is 35.5. The molecule has 3 aromatic rings. The number of nitrogens with zero attached hydrogens (tertiary/aromatic N) is 2. The van der Waals surface area contributed by atoms with Crippen molar-refractivity contribution in [1.29, 1.82) is 0 Å². The van der Waals surface area contributed by atoms with E-state index in [1.165, 1.54) is 35.8 Å². The van der Waals surface area contributed by atoms with Crippen LogP contribution in [-0.2, 0) is 16.1 Å². The molecule has 0 saturated heterocycles. The Morgan fingerprint density at radius 1 is 1.26 bits per heavy atom. The number of carbonyl (C=O) groups excluding carboxylic acids is 2. The Labute approximate surface area is 186 Å². The summed E-state index contributed by atoms with van der Waals surface area (Å²) in [5.74, 6) is -1.39. The Morgan fingerprint density at radius 3 is 2.68 bits per heavy atom. The van der Waals surface area contributed by atoms with E-state index >= 15 is 0 Å². The average Bonchev–Trinajstić information content (AvgIpc) is 3.23. The summed E-state index contributed by atoms with van der Waals surface area (Å²) in [6.07, 6.45) is -1.14. The minimum Gasteiger partial charge on any atom is -0.448 e. The van der Waals surface area contributed by atoms with Gasteiger partial charge < -0.3 is 15.4 Å². The zero-order valence-corrected chi connectivity index (χ0v) is 17.8. The first kappa shape index (κ1) is 22.2. The molecule has 160 valence electrons. The molecule has 3 rings (SSSR count). The van der Waals surface area contributed by atoms with E-state index in [9.17, 15) is 19.7 Å². The van der Waals surface area contributed by atoms with Gasteiger partial charge in [0.2, 0.25) is 0 Å². The van der Waals surface area contributed by atoms with Gasteiger partial charge in [-0.05, 0) is 18.6 Å². The van der Waals surface area contributed by atoms with Crippen LogP contribution in [0.5, 0.6) is 0 Å². The fraction of sp³-hybridized carbons (Fsp3) is 0.150. The highest BCUT2D eigenvalue weighted by molar-refractivity contribution is 7.13. The van der Waals surface area contributed by atoms with Crippen LogP contribution in [0.4, 0.5) is 16.5 Å². The standard InChI is InChI=1S/C20H17ClN4O5S/c1-12(18(26)23-16-8-7-14(25(28)29)9-15(16)21)30-19(27)17-11-31-20(24-17)22-10-13-5-3-2-4-6-13/h2-9,11-12H,10H2,1H3,(H,22,24)(H,23,26). The lowest BCUT2D eigenvalue weighted by molar-refractivity contribution is -0.384. The number of nitro benzene ring substituents is 1. The number of nitro groups is 1. The van der Waals surface area contributed by atoms with Crippen molar-refractivity contribution in [3.63, 3.8) is 0 Å². The van der Waals surface area contributed by atoms with E-state index in [4.69, 9.17) is 16.3 Å². The number of ether oxygens (including phenoxy) is 1. The average molecular weight is 461 g/mol. The largest absolute Gasteiger partial charge is 0.448 e. The van der Waals surface area contributed by atoms with Crippen molar-refractivity contribution in [2.75, 3.05) is 10.6 Å². The van der Waals surface area contributed by atoms with Crippen molar-refractivity contribution in [3.05, 3.63) is 80.3 Å². The molecule has 1 unspecified atom stereocenters. The molecule has 0 fully saturated rings. The highest BCUT2D eigenvalue weighted by Crippen LogP contribution is 2.27. The zero-order valence-electron chi connectivity index (χ0n) is 16.2. The van der Waals surface area contributed by atoms with Gasteiger partial charge in [-0.15, -0.1) is 11.3 Å². The second-order valence-electron chi connectivity index (χ2n) is 6.34. The van der Waals surface area contributed by atoms with Crippen LogP contribution in [0, 0.1) is 10.1 Å². The first-order valence-electron chi connectivity index (χ1n) is 9.02. The van der Waals surface area contributed by atoms with Gasteiger partial charge in [0.15, 0.2) is 16.9 Å². The quantitative estimate of drug-likeness (QED) is 0.288. The fourth-order valence-electron chi connectivity index (χ4n) is 2.45. The number of amides is 1. The molecule has 2 N–H and O–H groups in total. The molecule has 0 spiro atoms. The van der Waals surface area contributed by atoms with Crippen LogP contribution in [0.1, 0.15) is 23.0 Å². The molecule has 0 aliphatic rings. The molecule has 1 amide bonds. The van der Waals surface area contributed by atoms with Gasteiger partial charge in [-0.3, -0.25) is 14.9 Å². The van der Waals surface area contributed by atoms with Crippen LogP contribution in [-0.4, -0.2) is 27.9 Å². The third-order valence-corrected chi connectivity index (χ3v) is 5.19. The van der Waals surface area contributed by atoms with Crippen LogP contribution in [0.25, 0.3) is 0 Å². The lowest BCUT2D eigenvalue weighted by Crippen LogP contribution is -2.30. The Balaban J connectivity index is 1.54. The lowest BCUT2D eigenvalue weighted by atomic mass is 10.2. The zero-order chi connectivity index (χ0) is 22.4. The van der Waals surface area contributed by atoms with Crippen LogP contribution in [0.15, 0.2) is 53.9 Å². The number of rotatable bonds is 8. The van der Waals surface area contributed by atoms with Gasteiger partial charge in [-0.1, -0.05) is 41.9 Å². The number of carbonyl (C=O) groups is 2. The van der Waals surface area contributed by atoms with E-state index in [0.29, 0.717) is 11.7 Å². The maximum atomic E-state index is 12.3. The summed E-state index contributed by atoms with van der Waals surface area (Å²) in [7, 11) is 0. The molecule has 1 aromatic heterocycles. The number of hydrogen-bond donors (Lipinski definition) is 2. The van der Waals surface area contributed by atoms with Crippen LogP contribution >= 0.6 is 22.9 Å². The highest BCUT2D eigenvalue weighted by Gasteiger charge is 2.22. The van der Waals surface area contributed by atoms with Crippen molar-refractivity contribution >= 4 is 51.3 Å². The van der Waals surface area contributed by atoms with E-state index in [1.54, 1.807) is 0 Å². The first-order valence-corrected chi connectivity index (χ1v) is 10.3. The number of hydrogen-bond acceptors (Lipinski definition) is 8. The molecule has 9 nitrogen and oxygen atoms in total. The normalized spacial score (nSPS) is 11.4. The van der Waals surface area contributed by atoms with Gasteiger partial charge in [0, 0.05) is 24.1 Å². The summed E-state index contributed by atoms with van der Waals surface area (Å²) < 4.78 is 5.16. The van der Waals surface area contributed by atoms with Crippen LogP contribution < -0.4 is 10.6 Å². The third kappa shape index (κ3) is 6.00. The molecular formula is C20H17ClN4O5S. The van der Waals surface area contributed by atoms with E-state index in [-0.39, 0.29) is 22.1 Å². The Hall–Kier alpha value is -3.50. The molecule has 1 atom stereocenters. The van der Waals surface area contributed by atoms with E-state index in [2.05, 4.69) is 15.6 Å². The number of halogens is 1. The number of benzene rings is 2. The predicted molar refractivity (Wildman–Crippen MR) is 117 cm³/mol. The SMILES string of the molecule is CC(OC(=O)c1csc(NCc2ccccc2)n1)C(=O)Nc1ccc([N+](=O)[O-])cc1Cl. The molecule has 31 heavy (non-hydrogen) atoms. The number of non-ortho nitro benzene ring substituents is 1. The Bertz CT molecular complexity index is 1110. The molecule has 0 saturated carbocycles. The van der Waals surface area contributed by atoms with Gasteiger partial charge >= 0.3 is 5.97 Å². The van der Waals surface area contributed by atoms with Gasteiger partial charge in [0.05, 0.1) is 15.6 Å². The van der Waals surface area contributed by atoms with E-state index in [1.807, 2.05) is 30.3 Å². The number of thiazole rings is 1. The molecule has 1 heterocycles. The van der Waals surface area contributed by atoms with Crippen molar-refractivity contribution in [1.82, 2.24) is 4.98 Å². The monoisotopic (exact) mass is 460 g/mol. The summed E-state index contributed by atoms with van der Waals surface area (Å²) >= 11 is 7.20. The Kier molecular flexibility index (Phi) is 7.16. The molecule has 0 bridgehead atoms. The van der Waals surface area contributed by atoms with Crippen LogP contribution in [0.3, 0.4) is 0 Å². The maximum absolute atomic E-state index is 12.3. The van der Waals surface area contributed by atoms with Crippen LogP contribution in [0.2, 0.25) is 5.02 Å². The number of nitrogens with one attached hydrogen (secondary N) is 2. The fourth-order valence-corrected chi connectivity index (χ4v) is 3.35. The lowest BCUT2D eigenvalue weighted by Gasteiger charge is -2.13. The second kappa shape index (κ2) is 10.0. The molecule has 0 aliphatic heterocycles. The summed E-state index contributed by atoms with van der Waals surface area (Å²) in [6.45, 7) is 1.95. The maximum Gasteiger partial charge on any atom is 0.358 e. The molecule has 0 radical (unpaired) electrons. The predicted octanol–water partition coefficient (Wildman–Crippen LogP) is 4.50. The topological polar surface area (TPSA) is 123 Å². The summed E-state index contributed by atoms with van der Waals surface area (Å²) in [4.78, 5) is 38.9. The first-order chi connectivity index (χ1) is 14.8. The van der Waals surface area contributed by atoms with E-state index in [0.717, 1.165) is 11.6 Å². The van der Waals surface area contributed by atoms with Crippen molar-refractivity contribution < 1.29 is 19.2 Å². The minimum absolute atomic E-state index is 0.00490. The number of esters is 1. The molecular weight excluding hydrogens is 444 g/mol. The number of aromatic nitrogens is 1. The van der Waals surface area contributed by atoms with Gasteiger partial charge in [0.1, 0.15) is 0 Å². The van der Waals surface area contributed by atoms with Gasteiger partial charge in [-0.25, -0.2) is 9.78 Å².